The maximum Gasteiger partial charge on any atom is 0.132 e. The quantitative estimate of drug-likeness (QED) is 0.729. The summed E-state index contributed by atoms with van der Waals surface area (Å²) >= 11 is 0. The molecule has 0 aliphatic rings. The van der Waals surface area contributed by atoms with Crippen LogP contribution in [0.5, 0.6) is 0 Å². The van der Waals surface area contributed by atoms with E-state index in [1.165, 1.54) is 19.1 Å². The van der Waals surface area contributed by atoms with Crippen LogP contribution in [-0.2, 0) is 11.2 Å². The van der Waals surface area contributed by atoms with E-state index < -0.39 is 11.6 Å². The van der Waals surface area contributed by atoms with Crippen LogP contribution < -0.4 is 0 Å². The lowest BCUT2D eigenvalue weighted by atomic mass is 9.98. The molecule has 76 valence electrons. The summed E-state index contributed by atoms with van der Waals surface area (Å²) in [6.45, 7) is 3.19. The Morgan fingerprint density at radius 2 is 2.07 bits per heavy atom. The van der Waals surface area contributed by atoms with Crippen LogP contribution in [0.4, 0.5) is 8.78 Å². The molecule has 0 N–H and O–H groups in total. The molecule has 1 unspecified atom stereocenters. The molecule has 0 heterocycles. The highest BCUT2D eigenvalue weighted by Crippen LogP contribution is 2.14. The molecule has 0 aliphatic heterocycles. The monoisotopic (exact) mass is 198 g/mol. The average Bonchev–Trinajstić information content (AvgIpc) is 2.09. The van der Waals surface area contributed by atoms with Crippen LogP contribution in [0.2, 0.25) is 0 Å². The van der Waals surface area contributed by atoms with Gasteiger partial charge in [0.1, 0.15) is 17.4 Å². The van der Waals surface area contributed by atoms with E-state index in [9.17, 15) is 13.6 Å². The predicted octanol–water partition coefficient (Wildman–Crippen LogP) is 2.73. The van der Waals surface area contributed by atoms with Crippen LogP contribution in [0.15, 0.2) is 18.2 Å². The molecule has 0 bridgehead atoms. The maximum absolute atomic E-state index is 13.1. The van der Waals surface area contributed by atoms with E-state index >= 15 is 0 Å². The molecule has 3 heteroatoms. The Balaban J connectivity index is 2.82. The zero-order chi connectivity index (χ0) is 10.7. The van der Waals surface area contributed by atoms with Crippen LogP contribution in [0.3, 0.4) is 0 Å². The number of hydrogen-bond donors (Lipinski definition) is 0. The average molecular weight is 198 g/mol. The van der Waals surface area contributed by atoms with E-state index in [0.717, 1.165) is 6.07 Å². The van der Waals surface area contributed by atoms with Crippen LogP contribution >= 0.6 is 0 Å². The minimum absolute atomic E-state index is 0.00808. The summed E-state index contributed by atoms with van der Waals surface area (Å²) in [5.74, 6) is -1.40. The second-order valence-corrected chi connectivity index (χ2v) is 3.45. The smallest absolute Gasteiger partial charge is 0.132 e. The lowest BCUT2D eigenvalue weighted by Gasteiger charge is -2.08. The minimum Gasteiger partial charge on any atom is -0.300 e. The van der Waals surface area contributed by atoms with E-state index in [-0.39, 0.29) is 11.7 Å². The topological polar surface area (TPSA) is 17.1 Å². The standard InChI is InChI=1S/C11H12F2O/c1-7(8(2)14)5-9-3-4-10(12)6-11(9)13/h3-4,6-7H,5H2,1-2H3. The molecule has 1 nitrogen and oxygen atoms in total. The van der Waals surface area contributed by atoms with Gasteiger partial charge in [0.2, 0.25) is 0 Å². The van der Waals surface area contributed by atoms with Crippen molar-refractivity contribution in [3.63, 3.8) is 0 Å². The highest BCUT2D eigenvalue weighted by Gasteiger charge is 2.11. The summed E-state index contributed by atoms with van der Waals surface area (Å²) in [6.07, 6.45) is 0.321. The lowest BCUT2D eigenvalue weighted by Crippen LogP contribution is -2.10. The zero-order valence-corrected chi connectivity index (χ0v) is 8.18. The molecule has 14 heavy (non-hydrogen) atoms. The Morgan fingerprint density at radius 3 is 2.57 bits per heavy atom. The van der Waals surface area contributed by atoms with E-state index in [2.05, 4.69) is 0 Å². The van der Waals surface area contributed by atoms with Gasteiger partial charge in [-0.05, 0) is 25.0 Å². The van der Waals surface area contributed by atoms with Gasteiger partial charge in [0.25, 0.3) is 0 Å². The van der Waals surface area contributed by atoms with Gasteiger partial charge in [-0.1, -0.05) is 13.0 Å². The number of benzene rings is 1. The normalized spacial score (nSPS) is 12.6. The molecule has 1 rings (SSSR count). The highest BCUT2D eigenvalue weighted by molar-refractivity contribution is 5.78. The Labute approximate surface area is 81.7 Å². The molecule has 1 atom stereocenters. The molecule has 0 aromatic heterocycles. The van der Waals surface area contributed by atoms with Gasteiger partial charge in [-0.2, -0.15) is 0 Å². The molecule has 0 saturated carbocycles. The van der Waals surface area contributed by atoms with E-state index in [1.54, 1.807) is 6.92 Å². The fraction of sp³-hybridized carbons (Fsp3) is 0.364. The van der Waals surface area contributed by atoms with Gasteiger partial charge in [-0.15, -0.1) is 0 Å². The van der Waals surface area contributed by atoms with Crippen molar-refractivity contribution >= 4 is 5.78 Å². The number of halogens is 2. The van der Waals surface area contributed by atoms with E-state index in [1.807, 2.05) is 0 Å². The first-order valence-corrected chi connectivity index (χ1v) is 4.45. The first-order valence-electron chi connectivity index (χ1n) is 4.45. The molecule has 0 spiro atoms. The molecule has 1 aromatic rings. The first kappa shape index (κ1) is 10.8. The SMILES string of the molecule is CC(=O)C(C)Cc1ccc(F)cc1F. The molecule has 0 fully saturated rings. The van der Waals surface area contributed by atoms with Gasteiger partial charge in [-0.3, -0.25) is 4.79 Å². The van der Waals surface area contributed by atoms with Crippen molar-refractivity contribution in [1.29, 1.82) is 0 Å². The number of rotatable bonds is 3. The lowest BCUT2D eigenvalue weighted by molar-refractivity contribution is -0.120. The van der Waals surface area contributed by atoms with Crippen LogP contribution in [0.1, 0.15) is 19.4 Å². The van der Waals surface area contributed by atoms with Gasteiger partial charge in [0.15, 0.2) is 0 Å². The third-order valence-electron chi connectivity index (χ3n) is 2.24. The van der Waals surface area contributed by atoms with Crippen molar-refractivity contribution in [3.05, 3.63) is 35.4 Å². The van der Waals surface area contributed by atoms with Gasteiger partial charge in [0, 0.05) is 12.0 Å². The van der Waals surface area contributed by atoms with Crippen molar-refractivity contribution < 1.29 is 13.6 Å². The van der Waals surface area contributed by atoms with Crippen LogP contribution in [-0.4, -0.2) is 5.78 Å². The van der Waals surface area contributed by atoms with E-state index in [4.69, 9.17) is 0 Å². The Hall–Kier alpha value is -1.25. The van der Waals surface area contributed by atoms with Crippen molar-refractivity contribution in [2.45, 2.75) is 20.3 Å². The van der Waals surface area contributed by atoms with Gasteiger partial charge in [0.05, 0.1) is 0 Å². The number of carbonyl (C=O) groups is 1. The third-order valence-corrected chi connectivity index (χ3v) is 2.24. The molecule has 0 amide bonds. The van der Waals surface area contributed by atoms with Crippen molar-refractivity contribution in [2.75, 3.05) is 0 Å². The van der Waals surface area contributed by atoms with Gasteiger partial charge in [-0.25, -0.2) is 8.78 Å². The summed E-state index contributed by atoms with van der Waals surface area (Å²) < 4.78 is 25.7. The number of carbonyl (C=O) groups excluding carboxylic acids is 1. The number of Topliss-reactive ketones (excluding diaryl/α,β-unsaturated/α-hetero) is 1. The molecule has 0 radical (unpaired) electrons. The zero-order valence-electron chi connectivity index (χ0n) is 8.18. The molecule has 1 aromatic carbocycles. The summed E-state index contributed by atoms with van der Waals surface area (Å²) in [5.41, 5.74) is 0.383. The van der Waals surface area contributed by atoms with E-state index in [0.29, 0.717) is 12.0 Å². The molecular weight excluding hydrogens is 186 g/mol. The van der Waals surface area contributed by atoms with Crippen LogP contribution in [0, 0.1) is 17.6 Å². The van der Waals surface area contributed by atoms with Crippen molar-refractivity contribution in [2.24, 2.45) is 5.92 Å². The number of hydrogen-bond acceptors (Lipinski definition) is 1. The predicted molar refractivity (Wildman–Crippen MR) is 49.9 cm³/mol. The fourth-order valence-corrected chi connectivity index (χ4v) is 1.16. The molecule has 0 saturated heterocycles. The second-order valence-electron chi connectivity index (χ2n) is 3.45. The molecular formula is C11H12F2O. The fourth-order valence-electron chi connectivity index (χ4n) is 1.16. The molecule has 0 aliphatic carbocycles. The Kier molecular flexibility index (Phi) is 3.33. The summed E-state index contributed by atoms with van der Waals surface area (Å²) in [6, 6.07) is 3.41. The Bertz CT molecular complexity index is 347. The second kappa shape index (κ2) is 4.31. The minimum atomic E-state index is -0.596. The first-order chi connectivity index (χ1) is 6.50. The van der Waals surface area contributed by atoms with Crippen LogP contribution in [0.25, 0.3) is 0 Å². The van der Waals surface area contributed by atoms with Gasteiger partial charge < -0.3 is 0 Å². The maximum atomic E-state index is 13.1. The third kappa shape index (κ3) is 2.62. The largest absolute Gasteiger partial charge is 0.300 e. The summed E-state index contributed by atoms with van der Waals surface area (Å²) in [4.78, 5) is 10.9. The highest BCUT2D eigenvalue weighted by atomic mass is 19.1. The summed E-state index contributed by atoms with van der Waals surface area (Å²) in [5, 5.41) is 0. The van der Waals surface area contributed by atoms with Crippen molar-refractivity contribution in [1.82, 2.24) is 0 Å². The van der Waals surface area contributed by atoms with Crippen molar-refractivity contribution in [3.8, 4) is 0 Å². The Morgan fingerprint density at radius 1 is 1.43 bits per heavy atom. The number of ketones is 1. The summed E-state index contributed by atoms with van der Waals surface area (Å²) in [7, 11) is 0. The van der Waals surface area contributed by atoms with Gasteiger partial charge >= 0.3 is 0 Å².